The van der Waals surface area contributed by atoms with Crippen LogP contribution in [0.1, 0.15) is 33.0 Å². The van der Waals surface area contributed by atoms with Crippen molar-refractivity contribution in [3.63, 3.8) is 0 Å². The quantitative estimate of drug-likeness (QED) is 0.791. The zero-order valence-corrected chi connectivity index (χ0v) is 11.5. The molecule has 1 aromatic heterocycles. The van der Waals surface area contributed by atoms with Crippen LogP contribution in [-0.2, 0) is 16.0 Å². The lowest BCUT2D eigenvalue weighted by Crippen LogP contribution is -2.32. The SMILES string of the molecule is CCc1nsc(NC(CC(C)C)C(=O)OC)n1. The summed E-state index contributed by atoms with van der Waals surface area (Å²) < 4.78 is 8.94. The van der Waals surface area contributed by atoms with Gasteiger partial charge in [-0.1, -0.05) is 20.8 Å². The number of esters is 1. The maximum Gasteiger partial charge on any atom is 0.328 e. The van der Waals surface area contributed by atoms with Crippen LogP contribution in [0.2, 0.25) is 0 Å². The standard InChI is InChI=1S/C11H19N3O2S/c1-5-9-13-11(17-14-9)12-8(6-7(2)3)10(15)16-4/h7-8H,5-6H2,1-4H3,(H,12,13,14). The Balaban J connectivity index is 2.67. The van der Waals surface area contributed by atoms with Crippen molar-refractivity contribution < 1.29 is 9.53 Å². The molecule has 5 nitrogen and oxygen atoms in total. The Bertz CT molecular complexity index is 365. The predicted octanol–water partition coefficient (Wildman–Crippen LogP) is 2.10. The smallest absolute Gasteiger partial charge is 0.328 e. The number of carbonyl (C=O) groups excluding carboxylic acids is 1. The highest BCUT2D eigenvalue weighted by molar-refractivity contribution is 7.09. The Kier molecular flexibility index (Phi) is 5.34. The number of anilines is 1. The summed E-state index contributed by atoms with van der Waals surface area (Å²) in [6.07, 6.45) is 1.51. The first kappa shape index (κ1) is 13.9. The fraction of sp³-hybridized carbons (Fsp3) is 0.727. The molecule has 6 heteroatoms. The van der Waals surface area contributed by atoms with Gasteiger partial charge in [0.2, 0.25) is 5.13 Å². The van der Waals surface area contributed by atoms with E-state index in [1.165, 1.54) is 18.6 Å². The second-order valence-electron chi connectivity index (χ2n) is 4.22. The number of aromatic nitrogens is 2. The maximum atomic E-state index is 11.6. The molecule has 0 bridgehead atoms. The highest BCUT2D eigenvalue weighted by Gasteiger charge is 2.21. The number of rotatable bonds is 6. The minimum atomic E-state index is -0.349. The minimum absolute atomic E-state index is 0.257. The van der Waals surface area contributed by atoms with E-state index in [9.17, 15) is 4.79 Å². The zero-order chi connectivity index (χ0) is 12.8. The van der Waals surface area contributed by atoms with Gasteiger partial charge in [0.15, 0.2) is 0 Å². The molecular formula is C11H19N3O2S. The van der Waals surface area contributed by atoms with Gasteiger partial charge in [0.05, 0.1) is 7.11 Å². The fourth-order valence-electron chi connectivity index (χ4n) is 1.43. The zero-order valence-electron chi connectivity index (χ0n) is 10.7. The summed E-state index contributed by atoms with van der Waals surface area (Å²) in [5.74, 6) is 0.947. The monoisotopic (exact) mass is 257 g/mol. The van der Waals surface area contributed by atoms with Gasteiger partial charge in [0.25, 0.3) is 0 Å². The van der Waals surface area contributed by atoms with Crippen molar-refractivity contribution in [2.24, 2.45) is 5.92 Å². The van der Waals surface area contributed by atoms with Crippen molar-refractivity contribution in [2.45, 2.75) is 39.7 Å². The van der Waals surface area contributed by atoms with E-state index in [4.69, 9.17) is 4.74 Å². The fourth-order valence-corrected chi connectivity index (χ4v) is 2.14. The van der Waals surface area contributed by atoms with Gasteiger partial charge in [-0.3, -0.25) is 0 Å². The van der Waals surface area contributed by atoms with E-state index in [1.807, 2.05) is 6.92 Å². The van der Waals surface area contributed by atoms with Crippen LogP contribution < -0.4 is 5.32 Å². The molecular weight excluding hydrogens is 238 g/mol. The Labute approximate surface area is 106 Å². The summed E-state index contributed by atoms with van der Waals surface area (Å²) in [5, 5.41) is 3.76. The number of hydrogen-bond donors (Lipinski definition) is 1. The van der Waals surface area contributed by atoms with Crippen LogP contribution in [0.25, 0.3) is 0 Å². The lowest BCUT2D eigenvalue weighted by Gasteiger charge is -2.17. The van der Waals surface area contributed by atoms with Crippen molar-refractivity contribution in [3.8, 4) is 0 Å². The molecule has 0 saturated carbocycles. The minimum Gasteiger partial charge on any atom is -0.467 e. The number of nitrogens with zero attached hydrogens (tertiary/aromatic N) is 2. The molecule has 0 aliphatic rings. The molecule has 1 atom stereocenters. The molecule has 1 aromatic rings. The van der Waals surface area contributed by atoms with E-state index in [0.717, 1.165) is 12.2 Å². The van der Waals surface area contributed by atoms with Crippen LogP contribution in [-0.4, -0.2) is 28.5 Å². The summed E-state index contributed by atoms with van der Waals surface area (Å²) in [6.45, 7) is 6.13. The van der Waals surface area contributed by atoms with Gasteiger partial charge in [-0.2, -0.15) is 4.37 Å². The van der Waals surface area contributed by atoms with E-state index in [0.29, 0.717) is 17.5 Å². The van der Waals surface area contributed by atoms with Gasteiger partial charge in [0, 0.05) is 18.0 Å². The van der Waals surface area contributed by atoms with Gasteiger partial charge in [-0.15, -0.1) is 0 Å². The number of nitrogens with one attached hydrogen (secondary N) is 1. The summed E-state index contributed by atoms with van der Waals surface area (Å²) in [5.41, 5.74) is 0. The summed E-state index contributed by atoms with van der Waals surface area (Å²) >= 11 is 1.28. The van der Waals surface area contributed by atoms with E-state index in [2.05, 4.69) is 28.5 Å². The van der Waals surface area contributed by atoms with E-state index >= 15 is 0 Å². The Morgan fingerprint density at radius 2 is 2.24 bits per heavy atom. The molecule has 0 aliphatic carbocycles. The van der Waals surface area contributed by atoms with Crippen molar-refractivity contribution in [2.75, 3.05) is 12.4 Å². The Hall–Kier alpha value is -1.17. The maximum absolute atomic E-state index is 11.6. The normalized spacial score (nSPS) is 12.5. The third-order valence-corrected chi connectivity index (χ3v) is 2.96. The van der Waals surface area contributed by atoms with Gasteiger partial charge >= 0.3 is 5.97 Å². The van der Waals surface area contributed by atoms with Crippen LogP contribution in [0.15, 0.2) is 0 Å². The Morgan fingerprint density at radius 1 is 1.53 bits per heavy atom. The second-order valence-corrected chi connectivity index (χ2v) is 4.97. The van der Waals surface area contributed by atoms with Gasteiger partial charge < -0.3 is 10.1 Å². The van der Waals surface area contributed by atoms with Gasteiger partial charge in [-0.25, -0.2) is 9.78 Å². The largest absolute Gasteiger partial charge is 0.467 e. The first-order valence-corrected chi connectivity index (χ1v) is 6.51. The van der Waals surface area contributed by atoms with E-state index in [1.54, 1.807) is 0 Å². The van der Waals surface area contributed by atoms with Crippen LogP contribution in [0.4, 0.5) is 5.13 Å². The number of carbonyl (C=O) groups is 1. The molecule has 1 rings (SSSR count). The predicted molar refractivity (Wildman–Crippen MR) is 68.2 cm³/mol. The van der Waals surface area contributed by atoms with Crippen molar-refractivity contribution in [1.82, 2.24) is 9.36 Å². The molecule has 1 unspecified atom stereocenters. The molecule has 1 heterocycles. The molecule has 96 valence electrons. The summed E-state index contributed by atoms with van der Waals surface area (Å²) in [7, 11) is 1.40. The number of hydrogen-bond acceptors (Lipinski definition) is 6. The van der Waals surface area contributed by atoms with Crippen molar-refractivity contribution in [1.29, 1.82) is 0 Å². The third-order valence-electron chi connectivity index (χ3n) is 2.27. The molecule has 0 fully saturated rings. The van der Waals surface area contributed by atoms with Crippen LogP contribution >= 0.6 is 11.5 Å². The molecule has 0 amide bonds. The van der Waals surface area contributed by atoms with Gasteiger partial charge in [-0.05, 0) is 12.3 Å². The summed E-state index contributed by atoms with van der Waals surface area (Å²) in [6, 6.07) is -0.349. The van der Waals surface area contributed by atoms with E-state index in [-0.39, 0.29) is 12.0 Å². The lowest BCUT2D eigenvalue weighted by atomic mass is 10.0. The third kappa shape index (κ3) is 4.30. The average Bonchev–Trinajstić information content (AvgIpc) is 2.74. The van der Waals surface area contributed by atoms with E-state index < -0.39 is 0 Å². The van der Waals surface area contributed by atoms with Crippen LogP contribution in [0.5, 0.6) is 0 Å². The average molecular weight is 257 g/mol. The number of aryl methyl sites for hydroxylation is 1. The first-order valence-electron chi connectivity index (χ1n) is 5.73. The van der Waals surface area contributed by atoms with Crippen LogP contribution in [0, 0.1) is 5.92 Å². The molecule has 1 N–H and O–H groups in total. The highest BCUT2D eigenvalue weighted by Crippen LogP contribution is 2.16. The Morgan fingerprint density at radius 3 is 2.71 bits per heavy atom. The number of methoxy groups -OCH3 is 1. The van der Waals surface area contributed by atoms with Gasteiger partial charge in [0.1, 0.15) is 11.9 Å². The molecule has 0 radical (unpaired) electrons. The van der Waals surface area contributed by atoms with Crippen molar-refractivity contribution >= 4 is 22.6 Å². The molecule has 0 saturated heterocycles. The molecule has 0 spiro atoms. The second kappa shape index (κ2) is 6.54. The number of ether oxygens (including phenoxy) is 1. The lowest BCUT2D eigenvalue weighted by molar-refractivity contribution is -0.141. The topological polar surface area (TPSA) is 64.1 Å². The molecule has 0 aromatic carbocycles. The van der Waals surface area contributed by atoms with Crippen LogP contribution in [0.3, 0.4) is 0 Å². The highest BCUT2D eigenvalue weighted by atomic mass is 32.1. The molecule has 17 heavy (non-hydrogen) atoms. The summed E-state index contributed by atoms with van der Waals surface area (Å²) in [4.78, 5) is 15.9. The first-order chi connectivity index (χ1) is 8.06. The van der Waals surface area contributed by atoms with Crippen molar-refractivity contribution in [3.05, 3.63) is 5.82 Å². The molecule has 0 aliphatic heterocycles.